The molecular formula is C21H25N3O3. The van der Waals surface area contributed by atoms with Gasteiger partial charge in [-0.1, -0.05) is 24.3 Å². The molecule has 0 saturated heterocycles. The number of rotatable bonds is 3. The second kappa shape index (κ2) is 7.70. The van der Waals surface area contributed by atoms with Crippen molar-refractivity contribution >= 4 is 17.6 Å². The van der Waals surface area contributed by atoms with E-state index in [0.29, 0.717) is 24.3 Å². The van der Waals surface area contributed by atoms with E-state index in [4.69, 9.17) is 4.74 Å². The fourth-order valence-corrected chi connectivity index (χ4v) is 3.20. The van der Waals surface area contributed by atoms with E-state index in [1.54, 1.807) is 26.2 Å². The molecule has 6 heteroatoms. The Morgan fingerprint density at radius 3 is 2.63 bits per heavy atom. The molecule has 2 aromatic rings. The summed E-state index contributed by atoms with van der Waals surface area (Å²) in [6, 6.07) is 10.8. The van der Waals surface area contributed by atoms with Crippen molar-refractivity contribution < 1.29 is 14.3 Å². The summed E-state index contributed by atoms with van der Waals surface area (Å²) in [5.41, 5.74) is 4.10. The first kappa shape index (κ1) is 18.8. The lowest BCUT2D eigenvalue weighted by Crippen LogP contribution is -2.35. The molecule has 0 bridgehead atoms. The Balaban J connectivity index is 1.75. The summed E-state index contributed by atoms with van der Waals surface area (Å²) < 4.78 is 5.75. The first-order valence-electron chi connectivity index (χ1n) is 8.99. The number of amides is 3. The number of nitrogens with one attached hydrogen (secondary N) is 2. The lowest BCUT2D eigenvalue weighted by atomic mass is 9.98. The minimum Gasteiger partial charge on any atom is -0.493 e. The molecule has 1 atom stereocenters. The predicted octanol–water partition coefficient (Wildman–Crippen LogP) is 3.65. The molecule has 0 radical (unpaired) electrons. The van der Waals surface area contributed by atoms with E-state index in [0.717, 1.165) is 22.4 Å². The number of carbonyl (C=O) groups is 2. The van der Waals surface area contributed by atoms with Gasteiger partial charge in [0, 0.05) is 37.3 Å². The van der Waals surface area contributed by atoms with Gasteiger partial charge in [-0.15, -0.1) is 0 Å². The van der Waals surface area contributed by atoms with Crippen molar-refractivity contribution in [2.45, 2.75) is 26.3 Å². The third-order valence-electron chi connectivity index (χ3n) is 4.71. The molecule has 0 spiro atoms. The second-order valence-corrected chi connectivity index (χ2v) is 7.01. The molecule has 27 heavy (non-hydrogen) atoms. The molecule has 6 nitrogen and oxygen atoms in total. The van der Waals surface area contributed by atoms with E-state index in [2.05, 4.69) is 10.6 Å². The summed E-state index contributed by atoms with van der Waals surface area (Å²) in [5, 5.41) is 5.90. The summed E-state index contributed by atoms with van der Waals surface area (Å²) in [7, 11) is 3.40. The maximum absolute atomic E-state index is 12.6. The van der Waals surface area contributed by atoms with Crippen LogP contribution in [0.2, 0.25) is 0 Å². The van der Waals surface area contributed by atoms with Crippen LogP contribution in [0.15, 0.2) is 36.4 Å². The van der Waals surface area contributed by atoms with Gasteiger partial charge in [0.25, 0.3) is 5.91 Å². The summed E-state index contributed by atoms with van der Waals surface area (Å²) in [5.74, 6) is 0.746. The number of para-hydroxylation sites is 1. The van der Waals surface area contributed by atoms with Crippen molar-refractivity contribution in [3.8, 4) is 5.75 Å². The molecule has 1 aliphatic rings. The first-order chi connectivity index (χ1) is 12.9. The molecule has 0 aliphatic carbocycles. The van der Waals surface area contributed by atoms with Gasteiger partial charge in [-0.25, -0.2) is 4.79 Å². The minimum absolute atomic E-state index is 0.104. The monoisotopic (exact) mass is 367 g/mol. The third-order valence-corrected chi connectivity index (χ3v) is 4.71. The Labute approximate surface area is 159 Å². The number of urea groups is 1. The van der Waals surface area contributed by atoms with Gasteiger partial charge < -0.3 is 20.3 Å². The lowest BCUT2D eigenvalue weighted by molar-refractivity contribution is 0.0827. The molecular weight excluding hydrogens is 342 g/mol. The molecule has 3 amide bonds. The number of hydrogen-bond donors (Lipinski definition) is 2. The van der Waals surface area contributed by atoms with E-state index in [1.165, 1.54) is 4.90 Å². The lowest BCUT2D eigenvalue weighted by Gasteiger charge is -2.28. The molecule has 0 unspecified atom stereocenters. The Bertz CT molecular complexity index is 877. The number of aryl methyl sites for hydroxylation is 2. The van der Waals surface area contributed by atoms with Crippen molar-refractivity contribution in [2.24, 2.45) is 0 Å². The highest BCUT2D eigenvalue weighted by Crippen LogP contribution is 2.34. The van der Waals surface area contributed by atoms with E-state index < -0.39 is 0 Å². The number of carbonyl (C=O) groups excluding carboxylic acids is 2. The van der Waals surface area contributed by atoms with Crippen LogP contribution in [0.3, 0.4) is 0 Å². The SMILES string of the molecule is Cc1ccc(C(=O)N(C)C)cc1NC(=O)N[C@H]1CCOc2c(C)cccc21. The predicted molar refractivity (Wildman–Crippen MR) is 105 cm³/mol. The zero-order valence-electron chi connectivity index (χ0n) is 16.1. The van der Waals surface area contributed by atoms with Crippen LogP contribution in [0.4, 0.5) is 10.5 Å². The van der Waals surface area contributed by atoms with Crippen LogP contribution in [-0.2, 0) is 0 Å². The molecule has 0 aromatic heterocycles. The molecule has 1 heterocycles. The first-order valence-corrected chi connectivity index (χ1v) is 8.99. The number of hydrogen-bond acceptors (Lipinski definition) is 3. The van der Waals surface area contributed by atoms with Gasteiger partial charge in [-0.3, -0.25) is 4.79 Å². The van der Waals surface area contributed by atoms with Gasteiger partial charge in [0.15, 0.2) is 0 Å². The van der Waals surface area contributed by atoms with Gasteiger partial charge >= 0.3 is 6.03 Å². The summed E-state index contributed by atoms with van der Waals surface area (Å²) in [6.45, 7) is 4.46. The van der Waals surface area contributed by atoms with Crippen molar-refractivity contribution in [3.63, 3.8) is 0 Å². The van der Waals surface area contributed by atoms with Crippen LogP contribution in [-0.4, -0.2) is 37.5 Å². The molecule has 142 valence electrons. The van der Waals surface area contributed by atoms with Crippen LogP contribution in [0.5, 0.6) is 5.75 Å². The highest BCUT2D eigenvalue weighted by atomic mass is 16.5. The highest BCUT2D eigenvalue weighted by Gasteiger charge is 2.24. The highest BCUT2D eigenvalue weighted by molar-refractivity contribution is 5.97. The maximum Gasteiger partial charge on any atom is 0.319 e. The van der Waals surface area contributed by atoms with Crippen molar-refractivity contribution in [2.75, 3.05) is 26.0 Å². The van der Waals surface area contributed by atoms with Gasteiger partial charge in [0.2, 0.25) is 0 Å². The Morgan fingerprint density at radius 2 is 1.89 bits per heavy atom. The second-order valence-electron chi connectivity index (χ2n) is 7.01. The number of anilines is 1. The summed E-state index contributed by atoms with van der Waals surface area (Å²) >= 11 is 0. The number of ether oxygens (including phenoxy) is 1. The zero-order chi connectivity index (χ0) is 19.6. The van der Waals surface area contributed by atoms with Gasteiger partial charge in [-0.05, 0) is 37.1 Å². The van der Waals surface area contributed by atoms with Gasteiger partial charge in [-0.2, -0.15) is 0 Å². The standard InChI is InChI=1S/C21H25N3O3/c1-13-8-9-15(20(25)24(3)4)12-18(13)23-21(26)22-17-10-11-27-19-14(2)6-5-7-16(17)19/h5-9,12,17H,10-11H2,1-4H3,(H2,22,23,26)/t17-/m0/s1. The van der Waals surface area contributed by atoms with Crippen LogP contribution >= 0.6 is 0 Å². The molecule has 2 N–H and O–H groups in total. The zero-order valence-corrected chi connectivity index (χ0v) is 16.1. The average Bonchev–Trinajstić information content (AvgIpc) is 2.63. The van der Waals surface area contributed by atoms with Crippen molar-refractivity contribution in [1.82, 2.24) is 10.2 Å². The molecule has 1 aliphatic heterocycles. The van der Waals surface area contributed by atoms with E-state index >= 15 is 0 Å². The maximum atomic E-state index is 12.6. The largest absolute Gasteiger partial charge is 0.493 e. The third kappa shape index (κ3) is 4.05. The molecule has 0 saturated carbocycles. The summed E-state index contributed by atoms with van der Waals surface area (Å²) in [6.07, 6.45) is 0.710. The molecule has 0 fully saturated rings. The Hall–Kier alpha value is -3.02. The fourth-order valence-electron chi connectivity index (χ4n) is 3.20. The number of nitrogens with zero attached hydrogens (tertiary/aromatic N) is 1. The van der Waals surface area contributed by atoms with Crippen LogP contribution in [0.25, 0.3) is 0 Å². The van der Waals surface area contributed by atoms with Gasteiger partial charge in [0.05, 0.1) is 12.6 Å². The summed E-state index contributed by atoms with van der Waals surface area (Å²) in [4.78, 5) is 26.3. The molecule has 3 rings (SSSR count). The topological polar surface area (TPSA) is 70.7 Å². The van der Waals surface area contributed by atoms with Crippen molar-refractivity contribution in [1.29, 1.82) is 0 Å². The minimum atomic E-state index is -0.299. The average molecular weight is 367 g/mol. The Kier molecular flexibility index (Phi) is 5.35. The normalized spacial score (nSPS) is 15.3. The van der Waals surface area contributed by atoms with Crippen molar-refractivity contribution in [3.05, 3.63) is 58.7 Å². The van der Waals surface area contributed by atoms with Crippen LogP contribution in [0, 0.1) is 13.8 Å². The van der Waals surface area contributed by atoms with E-state index in [-0.39, 0.29) is 18.0 Å². The number of benzene rings is 2. The quantitative estimate of drug-likeness (QED) is 0.870. The fraction of sp³-hybridized carbons (Fsp3) is 0.333. The van der Waals surface area contributed by atoms with Crippen LogP contribution < -0.4 is 15.4 Å². The van der Waals surface area contributed by atoms with Crippen LogP contribution in [0.1, 0.15) is 39.5 Å². The van der Waals surface area contributed by atoms with Gasteiger partial charge in [0.1, 0.15) is 5.75 Å². The molecule has 2 aromatic carbocycles. The smallest absolute Gasteiger partial charge is 0.319 e. The van der Waals surface area contributed by atoms with E-state index in [9.17, 15) is 9.59 Å². The Morgan fingerprint density at radius 1 is 1.11 bits per heavy atom. The van der Waals surface area contributed by atoms with E-state index in [1.807, 2.05) is 38.1 Å². The number of fused-ring (bicyclic) bond motifs is 1.